The Balaban J connectivity index is 2.58. The van der Waals surface area contributed by atoms with Crippen molar-refractivity contribution in [2.75, 3.05) is 26.3 Å². The summed E-state index contributed by atoms with van der Waals surface area (Å²) in [5.74, 6) is -1.19. The highest BCUT2D eigenvalue weighted by molar-refractivity contribution is 5.82. The molecule has 1 saturated heterocycles. The molecule has 4 N–H and O–H groups in total. The first-order valence-corrected chi connectivity index (χ1v) is 6.13. The van der Waals surface area contributed by atoms with Gasteiger partial charge in [-0.05, 0) is 6.92 Å². The Morgan fingerprint density at radius 3 is 2.63 bits per heavy atom. The predicted octanol–water partition coefficient (Wildman–Crippen LogP) is -1.39. The molecule has 0 aromatic carbocycles. The number of hydrogen-bond donors (Lipinski definition) is 4. The lowest BCUT2D eigenvalue weighted by Crippen LogP contribution is -2.56. The van der Waals surface area contributed by atoms with Crippen LogP contribution in [0, 0.1) is 0 Å². The van der Waals surface area contributed by atoms with E-state index in [1.54, 1.807) is 6.92 Å². The van der Waals surface area contributed by atoms with Gasteiger partial charge in [-0.2, -0.15) is 0 Å². The number of urea groups is 1. The maximum atomic E-state index is 11.9. The van der Waals surface area contributed by atoms with Crippen LogP contribution >= 0.6 is 0 Å². The molecule has 0 bridgehead atoms. The van der Waals surface area contributed by atoms with Crippen LogP contribution in [-0.2, 0) is 9.53 Å². The third-order valence-corrected chi connectivity index (χ3v) is 2.83. The number of carbonyl (C=O) groups excluding carboxylic acids is 1. The number of aliphatic carboxylic acids is 1. The summed E-state index contributed by atoms with van der Waals surface area (Å²) in [4.78, 5) is 24.2. The van der Waals surface area contributed by atoms with E-state index in [1.165, 1.54) is 4.90 Å². The zero-order chi connectivity index (χ0) is 14.4. The molecule has 0 saturated carbocycles. The molecule has 0 aliphatic carbocycles. The molecule has 8 heteroatoms. The summed E-state index contributed by atoms with van der Waals surface area (Å²) in [6, 6.07) is -1.65. The van der Waals surface area contributed by atoms with Crippen molar-refractivity contribution in [3.8, 4) is 0 Å². The maximum Gasteiger partial charge on any atom is 0.326 e. The van der Waals surface area contributed by atoms with Gasteiger partial charge in [0.2, 0.25) is 0 Å². The molecular formula is C11H20N2O6. The van der Waals surface area contributed by atoms with E-state index in [-0.39, 0.29) is 32.3 Å². The summed E-state index contributed by atoms with van der Waals surface area (Å²) in [7, 11) is 0. The van der Waals surface area contributed by atoms with Gasteiger partial charge < -0.3 is 30.3 Å². The molecule has 0 aromatic heterocycles. The Morgan fingerprint density at radius 2 is 2.11 bits per heavy atom. The van der Waals surface area contributed by atoms with Crippen LogP contribution in [0.4, 0.5) is 4.79 Å². The number of nitrogens with one attached hydrogen (secondary N) is 1. The van der Waals surface area contributed by atoms with Gasteiger partial charge in [0.15, 0.2) is 0 Å². The van der Waals surface area contributed by atoms with Crippen molar-refractivity contribution < 1.29 is 29.6 Å². The standard InChI is InChI=1S/C11H20N2O6/c1-7-4-13(5-8(6-15)19-7)11(18)12-9(2-3-14)10(16)17/h7-9,14-15H,2-6H2,1H3,(H,12,18)(H,16,17)/t7?,8?,9-/m0/s1. The van der Waals surface area contributed by atoms with Crippen LogP contribution in [-0.4, -0.2) is 76.8 Å². The van der Waals surface area contributed by atoms with E-state index >= 15 is 0 Å². The number of morpholine rings is 1. The van der Waals surface area contributed by atoms with Crippen molar-refractivity contribution in [3.63, 3.8) is 0 Å². The number of carboxylic acid groups (broad SMARTS) is 1. The molecule has 3 atom stereocenters. The van der Waals surface area contributed by atoms with Gasteiger partial charge in [0, 0.05) is 19.6 Å². The molecule has 110 valence electrons. The lowest BCUT2D eigenvalue weighted by Gasteiger charge is -2.36. The Morgan fingerprint density at radius 1 is 1.42 bits per heavy atom. The van der Waals surface area contributed by atoms with Gasteiger partial charge in [-0.25, -0.2) is 9.59 Å². The first kappa shape index (κ1) is 15.7. The normalized spacial score (nSPS) is 24.9. The lowest BCUT2D eigenvalue weighted by atomic mass is 10.2. The van der Waals surface area contributed by atoms with Crippen molar-refractivity contribution >= 4 is 12.0 Å². The molecule has 1 rings (SSSR count). The number of rotatable bonds is 5. The van der Waals surface area contributed by atoms with Crippen molar-refractivity contribution in [2.45, 2.75) is 31.6 Å². The number of amides is 2. The number of nitrogens with zero attached hydrogens (tertiary/aromatic N) is 1. The van der Waals surface area contributed by atoms with Crippen LogP contribution in [0.3, 0.4) is 0 Å². The highest BCUT2D eigenvalue weighted by atomic mass is 16.5. The van der Waals surface area contributed by atoms with Gasteiger partial charge in [0.05, 0.1) is 25.4 Å². The van der Waals surface area contributed by atoms with Crippen molar-refractivity contribution in [2.24, 2.45) is 0 Å². The second kappa shape index (κ2) is 7.27. The summed E-state index contributed by atoms with van der Waals surface area (Å²) < 4.78 is 5.39. The minimum atomic E-state index is -1.19. The second-order valence-corrected chi connectivity index (χ2v) is 4.51. The molecule has 1 fully saturated rings. The van der Waals surface area contributed by atoms with Crippen LogP contribution < -0.4 is 5.32 Å². The number of hydrogen-bond acceptors (Lipinski definition) is 5. The third-order valence-electron chi connectivity index (χ3n) is 2.83. The molecule has 19 heavy (non-hydrogen) atoms. The number of aliphatic hydroxyl groups is 2. The van der Waals surface area contributed by atoms with Gasteiger partial charge in [0.1, 0.15) is 6.04 Å². The first-order valence-electron chi connectivity index (χ1n) is 6.13. The van der Waals surface area contributed by atoms with E-state index in [2.05, 4.69) is 5.32 Å². The van der Waals surface area contributed by atoms with E-state index in [1.807, 2.05) is 0 Å². The van der Waals surface area contributed by atoms with Crippen LogP contribution in [0.15, 0.2) is 0 Å². The van der Waals surface area contributed by atoms with E-state index in [9.17, 15) is 9.59 Å². The zero-order valence-corrected chi connectivity index (χ0v) is 10.8. The fourth-order valence-corrected chi connectivity index (χ4v) is 1.94. The average Bonchev–Trinajstić information content (AvgIpc) is 2.37. The van der Waals surface area contributed by atoms with Crippen LogP contribution in [0.2, 0.25) is 0 Å². The Bertz CT molecular complexity index is 324. The number of aliphatic hydroxyl groups excluding tert-OH is 2. The molecule has 0 aromatic rings. The highest BCUT2D eigenvalue weighted by Gasteiger charge is 2.30. The van der Waals surface area contributed by atoms with Gasteiger partial charge >= 0.3 is 12.0 Å². The molecule has 8 nitrogen and oxygen atoms in total. The Hall–Kier alpha value is -1.38. The third kappa shape index (κ3) is 4.66. The predicted molar refractivity (Wildman–Crippen MR) is 64.7 cm³/mol. The van der Waals surface area contributed by atoms with Gasteiger partial charge in [-0.3, -0.25) is 0 Å². The fraction of sp³-hybridized carbons (Fsp3) is 0.818. The van der Waals surface area contributed by atoms with Crippen LogP contribution in [0.1, 0.15) is 13.3 Å². The van der Waals surface area contributed by atoms with Crippen molar-refractivity contribution in [3.05, 3.63) is 0 Å². The fourth-order valence-electron chi connectivity index (χ4n) is 1.94. The molecule has 0 radical (unpaired) electrons. The minimum absolute atomic E-state index is 0.0512. The quantitative estimate of drug-likeness (QED) is 0.491. The average molecular weight is 276 g/mol. The molecule has 2 amide bonds. The van der Waals surface area contributed by atoms with Gasteiger partial charge in [-0.15, -0.1) is 0 Å². The monoisotopic (exact) mass is 276 g/mol. The van der Waals surface area contributed by atoms with E-state index < -0.39 is 24.1 Å². The van der Waals surface area contributed by atoms with Crippen LogP contribution in [0.5, 0.6) is 0 Å². The molecule has 0 spiro atoms. The SMILES string of the molecule is CC1CN(C(=O)N[C@@H](CCO)C(=O)O)CC(CO)O1. The smallest absolute Gasteiger partial charge is 0.326 e. The lowest BCUT2D eigenvalue weighted by molar-refractivity contribution is -0.139. The number of ether oxygens (including phenoxy) is 1. The zero-order valence-electron chi connectivity index (χ0n) is 10.8. The van der Waals surface area contributed by atoms with Gasteiger partial charge in [0.25, 0.3) is 0 Å². The second-order valence-electron chi connectivity index (χ2n) is 4.51. The highest BCUT2D eigenvalue weighted by Crippen LogP contribution is 2.11. The molecule has 1 heterocycles. The summed E-state index contributed by atoms with van der Waals surface area (Å²) in [6.45, 7) is 1.78. The van der Waals surface area contributed by atoms with Gasteiger partial charge in [-0.1, -0.05) is 0 Å². The van der Waals surface area contributed by atoms with Crippen molar-refractivity contribution in [1.29, 1.82) is 0 Å². The minimum Gasteiger partial charge on any atom is -0.480 e. The van der Waals surface area contributed by atoms with E-state index in [0.717, 1.165) is 0 Å². The van der Waals surface area contributed by atoms with Crippen molar-refractivity contribution in [1.82, 2.24) is 10.2 Å². The molecule has 2 unspecified atom stereocenters. The Labute approximate surface area is 111 Å². The molecular weight excluding hydrogens is 256 g/mol. The largest absolute Gasteiger partial charge is 0.480 e. The first-order chi connectivity index (χ1) is 8.97. The van der Waals surface area contributed by atoms with E-state index in [0.29, 0.717) is 6.54 Å². The summed E-state index contributed by atoms with van der Waals surface area (Å²) in [5, 5.41) is 29.0. The topological polar surface area (TPSA) is 119 Å². The van der Waals surface area contributed by atoms with Crippen LogP contribution in [0.25, 0.3) is 0 Å². The maximum absolute atomic E-state index is 11.9. The number of carbonyl (C=O) groups is 2. The summed E-state index contributed by atoms with van der Waals surface area (Å²) in [5.41, 5.74) is 0. The molecule has 1 aliphatic heterocycles. The number of carboxylic acids is 1. The van der Waals surface area contributed by atoms with E-state index in [4.69, 9.17) is 20.1 Å². The summed E-state index contributed by atoms with van der Waals surface area (Å²) >= 11 is 0. The molecule has 1 aliphatic rings. The Kier molecular flexibility index (Phi) is 6.00. The summed E-state index contributed by atoms with van der Waals surface area (Å²) in [6.07, 6.45) is -0.738.